The van der Waals surface area contributed by atoms with Gasteiger partial charge in [-0.3, -0.25) is 14.9 Å². The van der Waals surface area contributed by atoms with Gasteiger partial charge in [0.25, 0.3) is 11.6 Å². The lowest BCUT2D eigenvalue weighted by molar-refractivity contribution is -0.385. The van der Waals surface area contributed by atoms with Crippen LogP contribution in [0.3, 0.4) is 0 Å². The van der Waals surface area contributed by atoms with Crippen molar-refractivity contribution in [3.8, 4) is 0 Å². The first-order valence-corrected chi connectivity index (χ1v) is 6.80. The molecule has 6 heteroatoms. The SMILES string of the molecule is O=C(c1ccccc1[N+](=O)[O-])N1CCCCCC1CO. The summed E-state index contributed by atoms with van der Waals surface area (Å²) in [6.07, 6.45) is 3.58. The number of carbonyl (C=O) groups is 1. The fourth-order valence-corrected chi connectivity index (χ4v) is 2.60. The van der Waals surface area contributed by atoms with Crippen molar-refractivity contribution in [2.45, 2.75) is 31.7 Å². The van der Waals surface area contributed by atoms with E-state index in [9.17, 15) is 20.0 Å². The van der Waals surface area contributed by atoms with Crippen molar-refractivity contribution in [2.24, 2.45) is 0 Å². The Kier molecular flexibility index (Phi) is 4.68. The Labute approximate surface area is 117 Å². The maximum absolute atomic E-state index is 12.6. The first-order valence-electron chi connectivity index (χ1n) is 6.80. The zero-order chi connectivity index (χ0) is 14.5. The summed E-state index contributed by atoms with van der Waals surface area (Å²) in [7, 11) is 0. The van der Waals surface area contributed by atoms with Gasteiger partial charge in [0.1, 0.15) is 5.56 Å². The Balaban J connectivity index is 2.31. The van der Waals surface area contributed by atoms with E-state index in [1.807, 2.05) is 0 Å². The molecular formula is C14H18N2O4. The molecule has 108 valence electrons. The van der Waals surface area contributed by atoms with Crippen LogP contribution in [0, 0.1) is 10.1 Å². The van der Waals surface area contributed by atoms with Gasteiger partial charge in [-0.25, -0.2) is 0 Å². The lowest BCUT2D eigenvalue weighted by Crippen LogP contribution is -2.42. The van der Waals surface area contributed by atoms with Gasteiger partial charge < -0.3 is 10.0 Å². The number of aliphatic hydroxyl groups excluding tert-OH is 1. The molecule has 20 heavy (non-hydrogen) atoms. The minimum atomic E-state index is -0.543. The molecule has 1 heterocycles. The predicted molar refractivity (Wildman–Crippen MR) is 73.5 cm³/mol. The van der Waals surface area contributed by atoms with Crippen LogP contribution in [-0.4, -0.2) is 40.0 Å². The van der Waals surface area contributed by atoms with E-state index < -0.39 is 4.92 Å². The number of hydrogen-bond donors (Lipinski definition) is 1. The zero-order valence-corrected chi connectivity index (χ0v) is 11.2. The van der Waals surface area contributed by atoms with Gasteiger partial charge >= 0.3 is 0 Å². The zero-order valence-electron chi connectivity index (χ0n) is 11.2. The number of para-hydroxylation sites is 1. The second-order valence-corrected chi connectivity index (χ2v) is 4.96. The maximum Gasteiger partial charge on any atom is 0.282 e. The average molecular weight is 278 g/mol. The molecule has 0 saturated carbocycles. The normalized spacial score (nSPS) is 19.4. The van der Waals surface area contributed by atoms with Crippen molar-refractivity contribution in [3.63, 3.8) is 0 Å². The average Bonchev–Trinajstić information content (AvgIpc) is 2.71. The Bertz CT molecular complexity index is 504. The molecule has 1 unspecified atom stereocenters. The summed E-state index contributed by atoms with van der Waals surface area (Å²) in [4.78, 5) is 24.6. The second-order valence-electron chi connectivity index (χ2n) is 4.96. The van der Waals surface area contributed by atoms with Crippen molar-refractivity contribution in [1.29, 1.82) is 0 Å². The molecule has 1 aromatic carbocycles. The standard InChI is InChI=1S/C14H18N2O4/c17-10-11-6-2-1-5-9-15(11)14(18)12-7-3-4-8-13(12)16(19)20/h3-4,7-8,11,17H,1-2,5-6,9-10H2. The number of amides is 1. The molecule has 0 aromatic heterocycles. The Morgan fingerprint density at radius 2 is 2.10 bits per heavy atom. The number of likely N-dealkylation sites (tertiary alicyclic amines) is 1. The monoisotopic (exact) mass is 278 g/mol. The van der Waals surface area contributed by atoms with E-state index in [1.165, 1.54) is 12.1 Å². The van der Waals surface area contributed by atoms with Crippen molar-refractivity contribution < 1.29 is 14.8 Å². The van der Waals surface area contributed by atoms with Crippen molar-refractivity contribution in [2.75, 3.05) is 13.2 Å². The molecule has 0 spiro atoms. The first-order chi connectivity index (χ1) is 9.65. The second kappa shape index (κ2) is 6.47. The van der Waals surface area contributed by atoms with Gasteiger partial charge in [0, 0.05) is 12.6 Å². The number of benzene rings is 1. The molecule has 0 bridgehead atoms. The predicted octanol–water partition coefficient (Wildman–Crippen LogP) is 1.97. The molecule has 1 aliphatic heterocycles. The third-order valence-electron chi connectivity index (χ3n) is 3.68. The maximum atomic E-state index is 12.6. The molecule has 1 saturated heterocycles. The van der Waals surface area contributed by atoms with E-state index in [-0.39, 0.29) is 29.8 Å². The molecule has 6 nitrogen and oxygen atoms in total. The van der Waals surface area contributed by atoms with Crippen molar-refractivity contribution in [1.82, 2.24) is 4.90 Å². The van der Waals surface area contributed by atoms with Gasteiger partial charge in [0.2, 0.25) is 0 Å². The van der Waals surface area contributed by atoms with E-state index in [0.29, 0.717) is 6.54 Å². The van der Waals surface area contributed by atoms with E-state index >= 15 is 0 Å². The van der Waals surface area contributed by atoms with Crippen LogP contribution >= 0.6 is 0 Å². The Hall–Kier alpha value is -1.95. The molecule has 1 amide bonds. The van der Waals surface area contributed by atoms with Crippen molar-refractivity contribution in [3.05, 3.63) is 39.9 Å². The van der Waals surface area contributed by atoms with Gasteiger partial charge in [-0.15, -0.1) is 0 Å². The number of nitro benzene ring substituents is 1. The summed E-state index contributed by atoms with van der Waals surface area (Å²) in [5.41, 5.74) is -0.0868. The van der Waals surface area contributed by atoms with Crippen LogP contribution < -0.4 is 0 Å². The van der Waals surface area contributed by atoms with E-state index in [1.54, 1.807) is 17.0 Å². The lowest BCUT2D eigenvalue weighted by atomic mass is 10.1. The molecule has 1 atom stereocenters. The highest BCUT2D eigenvalue weighted by atomic mass is 16.6. The third-order valence-corrected chi connectivity index (χ3v) is 3.68. The van der Waals surface area contributed by atoms with Crippen LogP contribution in [0.4, 0.5) is 5.69 Å². The lowest BCUT2D eigenvalue weighted by Gasteiger charge is -2.28. The Morgan fingerprint density at radius 1 is 1.35 bits per heavy atom. The van der Waals surface area contributed by atoms with Crippen LogP contribution in [0.2, 0.25) is 0 Å². The van der Waals surface area contributed by atoms with Crippen LogP contribution in [0.1, 0.15) is 36.0 Å². The van der Waals surface area contributed by atoms with Crippen molar-refractivity contribution >= 4 is 11.6 Å². The quantitative estimate of drug-likeness (QED) is 0.676. The van der Waals surface area contributed by atoms with Gasteiger partial charge in [-0.05, 0) is 18.9 Å². The third kappa shape index (κ3) is 2.96. The summed E-state index contributed by atoms with van der Waals surface area (Å²) in [6.45, 7) is 0.433. The minimum absolute atomic E-state index is 0.0952. The van der Waals surface area contributed by atoms with Crippen LogP contribution in [-0.2, 0) is 0 Å². The fraction of sp³-hybridized carbons (Fsp3) is 0.500. The molecule has 0 aliphatic carbocycles. The molecule has 2 rings (SSSR count). The molecule has 1 aromatic rings. The summed E-state index contributed by atoms with van der Waals surface area (Å²) < 4.78 is 0. The number of carbonyl (C=O) groups excluding carboxylic acids is 1. The first kappa shape index (κ1) is 14.5. The molecule has 1 N–H and O–H groups in total. The van der Waals surface area contributed by atoms with E-state index in [2.05, 4.69) is 0 Å². The molecule has 1 fully saturated rings. The number of nitrogens with zero attached hydrogens (tertiary/aromatic N) is 2. The topological polar surface area (TPSA) is 83.7 Å². The minimum Gasteiger partial charge on any atom is -0.394 e. The largest absolute Gasteiger partial charge is 0.394 e. The van der Waals surface area contributed by atoms with Crippen LogP contribution in [0.25, 0.3) is 0 Å². The van der Waals surface area contributed by atoms with Gasteiger partial charge in [0.05, 0.1) is 17.6 Å². The summed E-state index contributed by atoms with van der Waals surface area (Å²) >= 11 is 0. The highest BCUT2D eigenvalue weighted by Gasteiger charge is 2.29. The number of rotatable bonds is 3. The number of nitro groups is 1. The van der Waals surface area contributed by atoms with Gasteiger partial charge in [-0.1, -0.05) is 25.0 Å². The number of aliphatic hydroxyl groups is 1. The highest BCUT2D eigenvalue weighted by molar-refractivity contribution is 5.98. The van der Waals surface area contributed by atoms with Crippen LogP contribution in [0.5, 0.6) is 0 Å². The van der Waals surface area contributed by atoms with Gasteiger partial charge in [0.15, 0.2) is 0 Å². The summed E-state index contributed by atoms with van der Waals surface area (Å²) in [5.74, 6) is -0.363. The highest BCUT2D eigenvalue weighted by Crippen LogP contribution is 2.24. The Morgan fingerprint density at radius 3 is 2.80 bits per heavy atom. The smallest absolute Gasteiger partial charge is 0.282 e. The fourth-order valence-electron chi connectivity index (χ4n) is 2.60. The van der Waals surface area contributed by atoms with Crippen LogP contribution in [0.15, 0.2) is 24.3 Å². The molecular weight excluding hydrogens is 260 g/mol. The summed E-state index contributed by atoms with van der Waals surface area (Å²) in [5, 5.41) is 20.4. The molecule has 0 radical (unpaired) electrons. The number of hydrogen-bond acceptors (Lipinski definition) is 4. The molecule has 1 aliphatic rings. The van der Waals surface area contributed by atoms with Gasteiger partial charge in [-0.2, -0.15) is 0 Å². The van der Waals surface area contributed by atoms with E-state index in [0.717, 1.165) is 25.7 Å². The van der Waals surface area contributed by atoms with E-state index in [4.69, 9.17) is 0 Å². The summed E-state index contributed by atoms with van der Waals surface area (Å²) in [6, 6.07) is 5.72.